The molecule has 2 aliphatic rings. The standard InChI is InChI=1S/C20H28FN3O2/c1-16(25)24(17-7-3-2-4-8-17)15-20(26)23-13-11-22(12-14-23)19-10-6-5-9-18(19)21/h5-6,9-10,17H,2-4,7-8,11-15H2,1H3. The molecule has 1 heterocycles. The van der Waals surface area contributed by atoms with Crippen LogP contribution >= 0.6 is 0 Å². The third kappa shape index (κ3) is 4.34. The molecular weight excluding hydrogens is 333 g/mol. The van der Waals surface area contributed by atoms with E-state index in [0.29, 0.717) is 31.9 Å². The Morgan fingerprint density at radius 3 is 2.35 bits per heavy atom. The van der Waals surface area contributed by atoms with Crippen LogP contribution in [0.3, 0.4) is 0 Å². The Bertz CT molecular complexity index is 638. The molecule has 2 fully saturated rings. The van der Waals surface area contributed by atoms with Gasteiger partial charge in [-0.3, -0.25) is 9.59 Å². The zero-order chi connectivity index (χ0) is 18.5. The largest absolute Gasteiger partial charge is 0.366 e. The first kappa shape index (κ1) is 18.7. The molecule has 0 unspecified atom stereocenters. The molecule has 1 aliphatic carbocycles. The summed E-state index contributed by atoms with van der Waals surface area (Å²) in [7, 11) is 0. The molecule has 1 saturated heterocycles. The molecule has 0 N–H and O–H groups in total. The fourth-order valence-electron chi connectivity index (χ4n) is 4.04. The number of nitrogens with zero attached hydrogens (tertiary/aromatic N) is 3. The number of halogens is 1. The molecule has 1 aromatic carbocycles. The lowest BCUT2D eigenvalue weighted by molar-refractivity contribution is -0.142. The molecule has 0 aromatic heterocycles. The van der Waals surface area contributed by atoms with Gasteiger partial charge in [0.15, 0.2) is 0 Å². The van der Waals surface area contributed by atoms with Gasteiger partial charge in [0.1, 0.15) is 5.82 Å². The van der Waals surface area contributed by atoms with Gasteiger partial charge < -0.3 is 14.7 Å². The van der Waals surface area contributed by atoms with Crippen LogP contribution in [0.2, 0.25) is 0 Å². The summed E-state index contributed by atoms with van der Waals surface area (Å²) >= 11 is 0. The van der Waals surface area contributed by atoms with Crippen LogP contribution in [0.5, 0.6) is 0 Å². The van der Waals surface area contributed by atoms with Crippen molar-refractivity contribution in [3.8, 4) is 0 Å². The fraction of sp³-hybridized carbons (Fsp3) is 0.600. The number of hydrogen-bond acceptors (Lipinski definition) is 3. The highest BCUT2D eigenvalue weighted by molar-refractivity contribution is 5.84. The van der Waals surface area contributed by atoms with Crippen LogP contribution in [0.1, 0.15) is 39.0 Å². The van der Waals surface area contributed by atoms with E-state index in [1.807, 2.05) is 11.0 Å². The molecule has 0 atom stereocenters. The molecule has 5 nitrogen and oxygen atoms in total. The third-order valence-electron chi connectivity index (χ3n) is 5.55. The van der Waals surface area contributed by atoms with Crippen LogP contribution in [0, 0.1) is 5.82 Å². The van der Waals surface area contributed by atoms with Crippen LogP contribution < -0.4 is 4.90 Å². The average molecular weight is 361 g/mol. The quantitative estimate of drug-likeness (QED) is 0.828. The molecule has 3 rings (SSSR count). The lowest BCUT2D eigenvalue weighted by Crippen LogP contribution is -2.53. The second-order valence-corrected chi connectivity index (χ2v) is 7.26. The Labute approximate surface area is 154 Å². The summed E-state index contributed by atoms with van der Waals surface area (Å²) in [5.41, 5.74) is 0.590. The molecule has 0 bridgehead atoms. The maximum absolute atomic E-state index is 13.9. The number of carbonyl (C=O) groups is 2. The monoisotopic (exact) mass is 361 g/mol. The van der Waals surface area contributed by atoms with Gasteiger partial charge in [-0.25, -0.2) is 4.39 Å². The van der Waals surface area contributed by atoms with Crippen molar-refractivity contribution in [1.29, 1.82) is 0 Å². The second-order valence-electron chi connectivity index (χ2n) is 7.26. The lowest BCUT2D eigenvalue weighted by atomic mass is 9.94. The Morgan fingerprint density at radius 2 is 1.73 bits per heavy atom. The first-order valence-electron chi connectivity index (χ1n) is 9.60. The van der Waals surface area contributed by atoms with E-state index in [-0.39, 0.29) is 30.2 Å². The first-order valence-corrected chi connectivity index (χ1v) is 9.60. The zero-order valence-corrected chi connectivity index (χ0v) is 15.5. The van der Waals surface area contributed by atoms with Gasteiger partial charge in [-0.1, -0.05) is 31.4 Å². The maximum Gasteiger partial charge on any atom is 0.242 e. The van der Waals surface area contributed by atoms with Gasteiger partial charge in [-0.05, 0) is 25.0 Å². The van der Waals surface area contributed by atoms with Gasteiger partial charge in [0.05, 0.1) is 12.2 Å². The molecule has 1 saturated carbocycles. The fourth-order valence-corrected chi connectivity index (χ4v) is 4.04. The van der Waals surface area contributed by atoms with E-state index in [2.05, 4.69) is 0 Å². The summed E-state index contributed by atoms with van der Waals surface area (Å²) in [5, 5.41) is 0. The number of hydrogen-bond donors (Lipinski definition) is 0. The molecule has 0 radical (unpaired) electrons. The molecule has 26 heavy (non-hydrogen) atoms. The van der Waals surface area contributed by atoms with Crippen LogP contribution in [0.25, 0.3) is 0 Å². The SMILES string of the molecule is CC(=O)N(CC(=O)N1CCN(c2ccccc2F)CC1)C1CCCCC1. The van der Waals surface area contributed by atoms with E-state index >= 15 is 0 Å². The van der Waals surface area contributed by atoms with Gasteiger partial charge in [0.2, 0.25) is 11.8 Å². The number of carbonyl (C=O) groups excluding carboxylic acids is 2. The van der Waals surface area contributed by atoms with E-state index < -0.39 is 0 Å². The third-order valence-corrected chi connectivity index (χ3v) is 5.55. The van der Waals surface area contributed by atoms with Crippen LogP contribution in [0.4, 0.5) is 10.1 Å². The summed E-state index contributed by atoms with van der Waals surface area (Å²) in [5.74, 6) is -0.249. The van der Waals surface area contributed by atoms with E-state index in [4.69, 9.17) is 0 Å². The van der Waals surface area contributed by atoms with Gasteiger partial charge in [-0.2, -0.15) is 0 Å². The molecule has 2 amide bonds. The topological polar surface area (TPSA) is 43.9 Å². The van der Waals surface area contributed by atoms with Gasteiger partial charge in [0, 0.05) is 39.1 Å². The number of para-hydroxylation sites is 1. The Kier molecular flexibility index (Phi) is 6.12. The molecule has 6 heteroatoms. The molecular formula is C20H28FN3O2. The number of anilines is 1. The predicted molar refractivity (Wildman–Crippen MR) is 99.5 cm³/mol. The van der Waals surface area contributed by atoms with Gasteiger partial charge in [0.25, 0.3) is 0 Å². The summed E-state index contributed by atoms with van der Waals surface area (Å²) in [4.78, 5) is 30.3. The summed E-state index contributed by atoms with van der Waals surface area (Å²) < 4.78 is 13.9. The Morgan fingerprint density at radius 1 is 1.08 bits per heavy atom. The predicted octanol–water partition coefficient (Wildman–Crippen LogP) is 2.66. The molecule has 142 valence electrons. The number of piperazine rings is 1. The minimum absolute atomic E-state index is 0.000966. The summed E-state index contributed by atoms with van der Waals surface area (Å²) in [6, 6.07) is 6.94. The van der Waals surface area contributed by atoms with Crippen molar-refractivity contribution in [2.75, 3.05) is 37.6 Å². The Balaban J connectivity index is 1.55. The lowest BCUT2D eigenvalue weighted by Gasteiger charge is -2.38. The summed E-state index contributed by atoms with van der Waals surface area (Å²) in [6.07, 6.45) is 5.46. The number of amides is 2. The normalized spacial score (nSPS) is 18.7. The van der Waals surface area contributed by atoms with Crippen molar-refractivity contribution in [2.45, 2.75) is 45.1 Å². The zero-order valence-electron chi connectivity index (χ0n) is 15.5. The maximum atomic E-state index is 13.9. The van der Waals surface area contributed by atoms with Crippen molar-refractivity contribution in [3.63, 3.8) is 0 Å². The first-order chi connectivity index (χ1) is 12.6. The van der Waals surface area contributed by atoms with Crippen LogP contribution in [-0.4, -0.2) is 60.4 Å². The van der Waals surface area contributed by atoms with Crippen molar-refractivity contribution in [2.24, 2.45) is 0 Å². The minimum atomic E-state index is -0.229. The highest BCUT2D eigenvalue weighted by Crippen LogP contribution is 2.23. The highest BCUT2D eigenvalue weighted by atomic mass is 19.1. The second kappa shape index (κ2) is 8.52. The summed E-state index contributed by atoms with van der Waals surface area (Å²) in [6.45, 7) is 4.05. The van der Waals surface area contributed by atoms with E-state index in [9.17, 15) is 14.0 Å². The van der Waals surface area contributed by atoms with Gasteiger partial charge >= 0.3 is 0 Å². The molecule has 1 aliphatic heterocycles. The smallest absolute Gasteiger partial charge is 0.242 e. The van der Waals surface area contributed by atoms with E-state index in [1.165, 1.54) is 12.5 Å². The van der Waals surface area contributed by atoms with E-state index in [0.717, 1.165) is 25.7 Å². The van der Waals surface area contributed by atoms with Gasteiger partial charge in [-0.15, -0.1) is 0 Å². The minimum Gasteiger partial charge on any atom is -0.366 e. The molecule has 1 aromatic rings. The number of rotatable bonds is 4. The van der Waals surface area contributed by atoms with Crippen molar-refractivity contribution in [3.05, 3.63) is 30.1 Å². The highest BCUT2D eigenvalue weighted by Gasteiger charge is 2.28. The van der Waals surface area contributed by atoms with Crippen molar-refractivity contribution in [1.82, 2.24) is 9.80 Å². The Hall–Kier alpha value is -2.11. The van der Waals surface area contributed by atoms with Crippen molar-refractivity contribution < 1.29 is 14.0 Å². The van der Waals surface area contributed by atoms with Crippen LogP contribution in [-0.2, 0) is 9.59 Å². The molecule has 0 spiro atoms. The van der Waals surface area contributed by atoms with Crippen LogP contribution in [0.15, 0.2) is 24.3 Å². The van der Waals surface area contributed by atoms with E-state index in [1.54, 1.807) is 28.9 Å². The van der Waals surface area contributed by atoms with Crippen molar-refractivity contribution >= 4 is 17.5 Å². The number of benzene rings is 1. The average Bonchev–Trinajstić information content (AvgIpc) is 2.67.